The fourth-order valence-corrected chi connectivity index (χ4v) is 3.66. The van der Waals surface area contributed by atoms with Crippen molar-refractivity contribution in [2.24, 2.45) is 0 Å². The molecule has 6 heteroatoms. The van der Waals surface area contributed by atoms with Crippen molar-refractivity contribution in [1.82, 2.24) is 15.3 Å². The third kappa shape index (κ3) is 4.22. The van der Waals surface area contributed by atoms with Crippen LogP contribution in [-0.2, 0) is 11.2 Å². The number of hydrogen-bond acceptors (Lipinski definition) is 6. The van der Waals surface area contributed by atoms with Gasteiger partial charge in [-0.1, -0.05) is 36.4 Å². The van der Waals surface area contributed by atoms with Crippen LogP contribution in [0.3, 0.4) is 0 Å². The molecule has 128 valence electrons. The molecule has 3 aromatic rings. The van der Waals surface area contributed by atoms with E-state index in [-0.39, 0.29) is 6.10 Å². The molecule has 1 aliphatic rings. The van der Waals surface area contributed by atoms with Gasteiger partial charge in [0.05, 0.1) is 12.3 Å². The molecule has 0 radical (unpaired) electrons. The van der Waals surface area contributed by atoms with Crippen molar-refractivity contribution in [3.8, 4) is 0 Å². The number of morpholine rings is 1. The molecular weight excluding hydrogens is 332 g/mol. The summed E-state index contributed by atoms with van der Waals surface area (Å²) in [6.07, 6.45) is 2.84. The largest absolute Gasteiger partial charge is 0.369 e. The Morgan fingerprint density at radius 2 is 2.08 bits per heavy atom. The summed E-state index contributed by atoms with van der Waals surface area (Å²) in [4.78, 5) is 10.4. The van der Waals surface area contributed by atoms with Gasteiger partial charge in [-0.25, -0.2) is 9.97 Å². The van der Waals surface area contributed by atoms with Crippen LogP contribution in [-0.4, -0.2) is 29.7 Å². The Morgan fingerprint density at radius 3 is 2.92 bits per heavy atom. The number of benzene rings is 1. The lowest BCUT2D eigenvalue weighted by atomic mass is 10.1. The number of hydrogen-bond donors (Lipinski definition) is 2. The number of pyridine rings is 1. The second-order valence-electron chi connectivity index (χ2n) is 5.93. The molecule has 5 nitrogen and oxygen atoms in total. The lowest BCUT2D eigenvalue weighted by Gasteiger charge is -2.23. The van der Waals surface area contributed by atoms with Crippen LogP contribution in [0, 0.1) is 0 Å². The molecule has 0 saturated carbocycles. The smallest absolute Gasteiger partial charge is 0.188 e. The van der Waals surface area contributed by atoms with E-state index in [9.17, 15) is 0 Å². The Kier molecular flexibility index (Phi) is 5.01. The fraction of sp³-hybridized carbons (Fsp3) is 0.263. The Morgan fingerprint density at radius 1 is 1.16 bits per heavy atom. The predicted octanol–water partition coefficient (Wildman–Crippen LogP) is 3.53. The van der Waals surface area contributed by atoms with Gasteiger partial charge in [0.1, 0.15) is 11.9 Å². The van der Waals surface area contributed by atoms with Crippen LogP contribution in [0.15, 0.2) is 54.7 Å². The molecule has 2 N–H and O–H groups in total. The van der Waals surface area contributed by atoms with Crippen molar-refractivity contribution in [3.63, 3.8) is 0 Å². The minimum Gasteiger partial charge on any atom is -0.369 e. The van der Waals surface area contributed by atoms with Gasteiger partial charge in [0.15, 0.2) is 5.13 Å². The SMILES string of the molecule is c1ccc(Cc2cnc(Nc3cccc(C4CNCCO4)n3)s2)cc1. The van der Waals surface area contributed by atoms with E-state index >= 15 is 0 Å². The lowest BCUT2D eigenvalue weighted by molar-refractivity contribution is 0.0251. The number of thiazole rings is 1. The molecule has 1 saturated heterocycles. The third-order valence-electron chi connectivity index (χ3n) is 4.04. The van der Waals surface area contributed by atoms with Crippen molar-refractivity contribution in [1.29, 1.82) is 0 Å². The minimum atomic E-state index is 0.0143. The quantitative estimate of drug-likeness (QED) is 0.736. The van der Waals surface area contributed by atoms with Gasteiger partial charge in [-0.2, -0.15) is 0 Å². The number of anilines is 2. The first-order valence-electron chi connectivity index (χ1n) is 8.42. The monoisotopic (exact) mass is 352 g/mol. The van der Waals surface area contributed by atoms with Gasteiger partial charge >= 0.3 is 0 Å². The first-order chi connectivity index (χ1) is 12.4. The highest BCUT2D eigenvalue weighted by atomic mass is 32.1. The highest BCUT2D eigenvalue weighted by molar-refractivity contribution is 7.15. The minimum absolute atomic E-state index is 0.0143. The Labute approximate surface area is 151 Å². The average molecular weight is 352 g/mol. The van der Waals surface area contributed by atoms with Crippen LogP contribution >= 0.6 is 11.3 Å². The molecular formula is C19H20N4OS. The van der Waals surface area contributed by atoms with Gasteiger partial charge in [-0.05, 0) is 17.7 Å². The number of aromatic nitrogens is 2. The van der Waals surface area contributed by atoms with E-state index in [1.165, 1.54) is 10.4 Å². The first kappa shape index (κ1) is 16.2. The Hall–Kier alpha value is -2.28. The molecule has 0 amide bonds. The van der Waals surface area contributed by atoms with Crippen LogP contribution in [0.5, 0.6) is 0 Å². The number of rotatable bonds is 5. The lowest BCUT2D eigenvalue weighted by Crippen LogP contribution is -2.33. The van der Waals surface area contributed by atoms with Gasteiger partial charge in [0.25, 0.3) is 0 Å². The molecule has 3 heterocycles. The molecule has 1 aliphatic heterocycles. The van der Waals surface area contributed by atoms with E-state index in [2.05, 4.69) is 44.9 Å². The summed E-state index contributed by atoms with van der Waals surface area (Å²) in [5.74, 6) is 0.798. The Balaban J connectivity index is 1.44. The summed E-state index contributed by atoms with van der Waals surface area (Å²) >= 11 is 1.66. The van der Waals surface area contributed by atoms with E-state index in [1.54, 1.807) is 11.3 Å². The molecule has 1 aromatic carbocycles. The van der Waals surface area contributed by atoms with E-state index < -0.39 is 0 Å². The summed E-state index contributed by atoms with van der Waals surface area (Å²) in [7, 11) is 0. The first-order valence-corrected chi connectivity index (χ1v) is 9.23. The van der Waals surface area contributed by atoms with Gasteiger partial charge in [0.2, 0.25) is 0 Å². The fourth-order valence-electron chi connectivity index (χ4n) is 2.81. The summed E-state index contributed by atoms with van der Waals surface area (Å²) in [6.45, 7) is 2.42. The zero-order chi connectivity index (χ0) is 16.9. The maximum absolute atomic E-state index is 5.77. The average Bonchev–Trinajstić information content (AvgIpc) is 3.10. The van der Waals surface area contributed by atoms with Gasteiger partial charge in [0, 0.05) is 30.6 Å². The second kappa shape index (κ2) is 7.74. The van der Waals surface area contributed by atoms with Crippen LogP contribution in [0.1, 0.15) is 22.2 Å². The number of nitrogens with zero attached hydrogens (tertiary/aromatic N) is 2. The molecule has 0 bridgehead atoms. The summed E-state index contributed by atoms with van der Waals surface area (Å²) < 4.78 is 5.77. The van der Waals surface area contributed by atoms with E-state index in [1.807, 2.05) is 30.5 Å². The van der Waals surface area contributed by atoms with Crippen LogP contribution in [0.2, 0.25) is 0 Å². The van der Waals surface area contributed by atoms with Gasteiger partial charge in [-0.3, -0.25) is 0 Å². The van der Waals surface area contributed by atoms with Crippen molar-refractivity contribution >= 4 is 22.3 Å². The molecule has 1 atom stereocenters. The standard InChI is InChI=1S/C19H20N4OS/c1-2-5-14(6-3-1)11-15-12-21-19(25-15)23-18-8-4-7-16(22-18)17-13-20-9-10-24-17/h1-8,12,17,20H,9-11,13H2,(H,21,22,23). The zero-order valence-corrected chi connectivity index (χ0v) is 14.6. The van der Waals surface area contributed by atoms with E-state index in [0.717, 1.165) is 42.8 Å². The summed E-state index contributed by atoms with van der Waals surface area (Å²) in [5, 5.41) is 7.50. The maximum Gasteiger partial charge on any atom is 0.188 e. The topological polar surface area (TPSA) is 59.1 Å². The maximum atomic E-state index is 5.77. The second-order valence-corrected chi connectivity index (χ2v) is 7.05. The molecule has 2 aromatic heterocycles. The number of nitrogens with one attached hydrogen (secondary N) is 2. The third-order valence-corrected chi connectivity index (χ3v) is 4.95. The van der Waals surface area contributed by atoms with E-state index in [0.29, 0.717) is 0 Å². The molecule has 0 spiro atoms. The highest BCUT2D eigenvalue weighted by Gasteiger charge is 2.17. The normalized spacial score (nSPS) is 17.4. The summed E-state index contributed by atoms with van der Waals surface area (Å²) in [5.41, 5.74) is 2.23. The molecule has 1 unspecified atom stereocenters. The Bertz CT molecular complexity index is 815. The highest BCUT2D eigenvalue weighted by Crippen LogP contribution is 2.25. The predicted molar refractivity (Wildman–Crippen MR) is 100 cm³/mol. The van der Waals surface area contributed by atoms with Crippen LogP contribution < -0.4 is 10.6 Å². The van der Waals surface area contributed by atoms with Crippen molar-refractivity contribution in [2.75, 3.05) is 25.0 Å². The van der Waals surface area contributed by atoms with Crippen molar-refractivity contribution in [3.05, 3.63) is 70.9 Å². The molecule has 25 heavy (non-hydrogen) atoms. The van der Waals surface area contributed by atoms with Crippen LogP contribution in [0.25, 0.3) is 0 Å². The van der Waals surface area contributed by atoms with Gasteiger partial charge in [-0.15, -0.1) is 11.3 Å². The van der Waals surface area contributed by atoms with Crippen molar-refractivity contribution in [2.45, 2.75) is 12.5 Å². The van der Waals surface area contributed by atoms with Gasteiger partial charge < -0.3 is 15.4 Å². The summed E-state index contributed by atoms with van der Waals surface area (Å²) in [6, 6.07) is 16.4. The zero-order valence-electron chi connectivity index (χ0n) is 13.8. The molecule has 1 fully saturated rings. The number of ether oxygens (including phenoxy) is 1. The molecule has 4 rings (SSSR count). The molecule has 0 aliphatic carbocycles. The van der Waals surface area contributed by atoms with Crippen molar-refractivity contribution < 1.29 is 4.74 Å². The van der Waals surface area contributed by atoms with E-state index in [4.69, 9.17) is 4.74 Å². The van der Waals surface area contributed by atoms with Crippen LogP contribution in [0.4, 0.5) is 10.9 Å².